The highest BCUT2D eigenvalue weighted by molar-refractivity contribution is 9.10. The van der Waals surface area contributed by atoms with Crippen molar-refractivity contribution in [3.05, 3.63) is 34.3 Å². The van der Waals surface area contributed by atoms with E-state index in [1.807, 2.05) is 24.3 Å². The summed E-state index contributed by atoms with van der Waals surface area (Å²) in [5.41, 5.74) is 0.673. The maximum Gasteiger partial charge on any atom is 0.251 e. The molecule has 1 aromatic rings. The molecule has 2 atom stereocenters. The summed E-state index contributed by atoms with van der Waals surface area (Å²) in [4.78, 5) is 15.6. The first-order valence-corrected chi connectivity index (χ1v) is 11.1. The van der Waals surface area contributed by atoms with Crippen LogP contribution in [0.3, 0.4) is 0 Å². The number of ether oxygens (including phenoxy) is 2. The van der Waals surface area contributed by atoms with Gasteiger partial charge in [-0.3, -0.25) is 9.69 Å². The van der Waals surface area contributed by atoms with E-state index in [0.717, 1.165) is 43.2 Å². The number of nitrogens with one attached hydrogen (secondary N) is 1. The van der Waals surface area contributed by atoms with Crippen molar-refractivity contribution in [1.29, 1.82) is 0 Å². The first kappa shape index (κ1) is 19.4. The average Bonchev–Trinajstić information content (AvgIpc) is 2.71. The summed E-state index contributed by atoms with van der Waals surface area (Å²) in [5, 5.41) is 3.32. The van der Waals surface area contributed by atoms with Gasteiger partial charge in [0.2, 0.25) is 0 Å². The molecule has 27 heavy (non-hydrogen) atoms. The molecule has 2 unspecified atom stereocenters. The van der Waals surface area contributed by atoms with Gasteiger partial charge in [0.1, 0.15) is 0 Å². The van der Waals surface area contributed by atoms with E-state index >= 15 is 0 Å². The second-order valence-electron chi connectivity index (χ2n) is 7.88. The Kier molecular flexibility index (Phi) is 6.17. The minimum atomic E-state index is -0.677. The molecule has 2 saturated heterocycles. The topological polar surface area (TPSA) is 50.8 Å². The van der Waals surface area contributed by atoms with Crippen LogP contribution in [0.15, 0.2) is 28.7 Å². The summed E-state index contributed by atoms with van der Waals surface area (Å²) in [7, 11) is 0. The number of likely N-dealkylation sites (tertiary alicyclic amines) is 1. The number of halogens is 1. The normalized spacial score (nSPS) is 28.8. The largest absolute Gasteiger partial charge is 0.348 e. The smallest absolute Gasteiger partial charge is 0.251 e. The van der Waals surface area contributed by atoms with E-state index in [-0.39, 0.29) is 18.0 Å². The highest BCUT2D eigenvalue weighted by Crippen LogP contribution is 2.38. The van der Waals surface area contributed by atoms with Crippen LogP contribution in [0.2, 0.25) is 0 Å². The first-order valence-electron chi connectivity index (χ1n) is 10.3. The molecule has 1 saturated carbocycles. The fraction of sp³-hybridized carbons (Fsp3) is 0.667. The van der Waals surface area contributed by atoms with Crippen molar-refractivity contribution >= 4 is 21.8 Å². The van der Waals surface area contributed by atoms with Gasteiger partial charge in [-0.1, -0.05) is 22.4 Å². The van der Waals surface area contributed by atoms with Crippen LogP contribution in [-0.2, 0) is 9.47 Å². The zero-order chi connectivity index (χ0) is 18.7. The predicted molar refractivity (Wildman–Crippen MR) is 108 cm³/mol. The second-order valence-corrected chi connectivity index (χ2v) is 8.79. The Morgan fingerprint density at radius 3 is 2.44 bits per heavy atom. The third kappa shape index (κ3) is 4.24. The van der Waals surface area contributed by atoms with Gasteiger partial charge in [0, 0.05) is 22.5 Å². The summed E-state index contributed by atoms with van der Waals surface area (Å²) in [5.74, 6) is -0.725. The van der Waals surface area contributed by atoms with Gasteiger partial charge in [-0.25, -0.2) is 0 Å². The van der Waals surface area contributed by atoms with Crippen molar-refractivity contribution in [1.82, 2.24) is 10.2 Å². The molecular weight excluding hydrogens is 408 g/mol. The van der Waals surface area contributed by atoms with Crippen LogP contribution in [0.25, 0.3) is 0 Å². The predicted octanol–water partition coefficient (Wildman–Crippen LogP) is 3.72. The number of amides is 1. The molecule has 1 amide bonds. The highest BCUT2D eigenvalue weighted by atomic mass is 79.9. The van der Waals surface area contributed by atoms with Crippen LogP contribution < -0.4 is 5.32 Å². The van der Waals surface area contributed by atoms with Crippen LogP contribution in [0.1, 0.15) is 55.3 Å². The average molecular weight is 437 g/mol. The molecule has 3 fully saturated rings. The van der Waals surface area contributed by atoms with Gasteiger partial charge in [-0.05, 0) is 69.5 Å². The van der Waals surface area contributed by atoms with Gasteiger partial charge < -0.3 is 14.8 Å². The second kappa shape index (κ2) is 8.60. The van der Waals surface area contributed by atoms with Crippen LogP contribution >= 0.6 is 15.9 Å². The van der Waals surface area contributed by atoms with Gasteiger partial charge in [0.25, 0.3) is 5.91 Å². The number of hydrogen-bond acceptors (Lipinski definition) is 4. The number of rotatable bonds is 3. The van der Waals surface area contributed by atoms with E-state index < -0.39 is 5.79 Å². The number of nitrogens with zero attached hydrogens (tertiary/aromatic N) is 1. The lowest BCUT2D eigenvalue weighted by Crippen LogP contribution is -2.68. The molecule has 6 heteroatoms. The molecular formula is C21H29BrN2O3. The lowest BCUT2D eigenvalue weighted by molar-refractivity contribution is -0.298. The Balaban J connectivity index is 1.58. The van der Waals surface area contributed by atoms with Crippen molar-refractivity contribution in [3.63, 3.8) is 0 Å². The number of carbonyl (C=O) groups excluding carboxylic acids is 1. The Labute approximate surface area is 169 Å². The van der Waals surface area contributed by atoms with Crippen LogP contribution in [0.5, 0.6) is 0 Å². The maximum absolute atomic E-state index is 13.0. The van der Waals surface area contributed by atoms with Crippen LogP contribution in [-0.4, -0.2) is 55.0 Å². The fourth-order valence-corrected chi connectivity index (χ4v) is 5.03. The molecule has 1 aliphatic carbocycles. The Bertz CT molecular complexity index is 634. The van der Waals surface area contributed by atoms with E-state index in [4.69, 9.17) is 9.47 Å². The lowest BCUT2D eigenvalue weighted by Gasteiger charge is -2.52. The quantitative estimate of drug-likeness (QED) is 0.784. The van der Waals surface area contributed by atoms with Gasteiger partial charge in [0.15, 0.2) is 5.79 Å². The van der Waals surface area contributed by atoms with Crippen molar-refractivity contribution in [2.45, 2.75) is 62.8 Å². The minimum absolute atomic E-state index is 0.0476. The lowest BCUT2D eigenvalue weighted by atomic mass is 9.82. The van der Waals surface area contributed by atoms with Gasteiger partial charge in [0.05, 0.1) is 19.3 Å². The van der Waals surface area contributed by atoms with E-state index in [0.29, 0.717) is 18.8 Å². The number of benzene rings is 1. The monoisotopic (exact) mass is 436 g/mol. The third-order valence-corrected chi connectivity index (χ3v) is 6.65. The van der Waals surface area contributed by atoms with E-state index in [9.17, 15) is 4.79 Å². The molecule has 4 rings (SSSR count). The summed E-state index contributed by atoms with van der Waals surface area (Å²) >= 11 is 3.43. The zero-order valence-corrected chi connectivity index (χ0v) is 17.4. The van der Waals surface area contributed by atoms with Crippen molar-refractivity contribution in [2.24, 2.45) is 0 Å². The molecule has 3 aliphatic rings. The molecule has 2 heterocycles. The van der Waals surface area contributed by atoms with E-state index in [2.05, 4.69) is 26.1 Å². The molecule has 0 bridgehead atoms. The highest BCUT2D eigenvalue weighted by Gasteiger charge is 2.51. The Morgan fingerprint density at radius 1 is 1.04 bits per heavy atom. The summed E-state index contributed by atoms with van der Waals surface area (Å²) < 4.78 is 13.4. The first-order chi connectivity index (χ1) is 13.2. The fourth-order valence-electron chi connectivity index (χ4n) is 4.76. The molecule has 0 radical (unpaired) electrons. The molecule has 2 aliphatic heterocycles. The standard InChI is InChI=1S/C21H29BrN2O3/c22-17-9-7-16(8-10-17)20(25)23-19-18(24-12-2-1-3-13-24)6-4-11-21(19)26-14-5-15-27-21/h7-10,18-19H,1-6,11-15H2,(H,23,25). The van der Waals surface area contributed by atoms with E-state index in [1.54, 1.807) is 0 Å². The molecule has 5 nitrogen and oxygen atoms in total. The maximum atomic E-state index is 13.0. The Hall–Kier alpha value is -0.950. The number of piperidine rings is 1. The van der Waals surface area contributed by atoms with Crippen LogP contribution in [0, 0.1) is 0 Å². The zero-order valence-electron chi connectivity index (χ0n) is 15.8. The van der Waals surface area contributed by atoms with Crippen molar-refractivity contribution in [3.8, 4) is 0 Å². The van der Waals surface area contributed by atoms with Gasteiger partial charge in [-0.2, -0.15) is 0 Å². The molecule has 148 valence electrons. The summed E-state index contributed by atoms with van der Waals surface area (Å²) in [6.07, 6.45) is 7.70. The molecule has 0 aromatic heterocycles. The summed E-state index contributed by atoms with van der Waals surface area (Å²) in [6.45, 7) is 3.62. The van der Waals surface area contributed by atoms with Crippen molar-refractivity contribution < 1.29 is 14.3 Å². The molecule has 1 spiro atoms. The van der Waals surface area contributed by atoms with Gasteiger partial charge >= 0.3 is 0 Å². The van der Waals surface area contributed by atoms with E-state index in [1.165, 1.54) is 19.3 Å². The molecule has 1 aromatic carbocycles. The minimum Gasteiger partial charge on any atom is -0.348 e. The molecule has 1 N–H and O–H groups in total. The Morgan fingerprint density at radius 2 is 1.74 bits per heavy atom. The number of carbonyl (C=O) groups is 1. The number of hydrogen-bond donors (Lipinski definition) is 1. The summed E-state index contributed by atoms with van der Waals surface area (Å²) in [6, 6.07) is 7.65. The SMILES string of the molecule is O=C(NC1C(N2CCCCC2)CCCC12OCCCO2)c1ccc(Br)cc1. The van der Waals surface area contributed by atoms with Crippen LogP contribution in [0.4, 0.5) is 0 Å². The van der Waals surface area contributed by atoms with Crippen molar-refractivity contribution in [2.75, 3.05) is 26.3 Å². The third-order valence-electron chi connectivity index (χ3n) is 6.12. The van der Waals surface area contributed by atoms with Gasteiger partial charge in [-0.15, -0.1) is 0 Å².